The summed E-state index contributed by atoms with van der Waals surface area (Å²) in [5.74, 6) is 0. The maximum absolute atomic E-state index is 12.4. The van der Waals surface area contributed by atoms with Crippen LogP contribution in [0.2, 0.25) is 0 Å². The van der Waals surface area contributed by atoms with Crippen LogP contribution in [0.25, 0.3) is 0 Å². The van der Waals surface area contributed by atoms with Gasteiger partial charge in [-0.2, -0.15) is 0 Å². The second-order valence-corrected chi connectivity index (χ2v) is 7.99. The second kappa shape index (κ2) is 6.11. The van der Waals surface area contributed by atoms with E-state index >= 15 is 0 Å². The van der Waals surface area contributed by atoms with Gasteiger partial charge in [-0.3, -0.25) is 0 Å². The number of sulfonamides is 1. The highest BCUT2D eigenvalue weighted by molar-refractivity contribution is 7.89. The van der Waals surface area contributed by atoms with Gasteiger partial charge in [0.1, 0.15) is 0 Å². The lowest BCUT2D eigenvalue weighted by atomic mass is 9.97. The molecule has 0 spiro atoms. The molecule has 1 aromatic heterocycles. The van der Waals surface area contributed by atoms with Gasteiger partial charge in [-0.1, -0.05) is 6.92 Å². The SMILES string of the molecule is CCNCc1cc(S(=O)(=O)NC2(C)CCOC2C)cs1. The van der Waals surface area contributed by atoms with Gasteiger partial charge in [0.25, 0.3) is 0 Å². The monoisotopic (exact) mass is 318 g/mol. The summed E-state index contributed by atoms with van der Waals surface area (Å²) in [6.07, 6.45) is 0.582. The third kappa shape index (κ3) is 3.40. The average Bonchev–Trinajstić information content (AvgIpc) is 2.95. The predicted octanol–water partition coefficient (Wildman–Crippen LogP) is 1.70. The minimum atomic E-state index is -3.49. The van der Waals surface area contributed by atoms with E-state index in [4.69, 9.17) is 4.74 Å². The van der Waals surface area contributed by atoms with E-state index in [9.17, 15) is 8.42 Å². The van der Waals surface area contributed by atoms with Gasteiger partial charge < -0.3 is 10.1 Å². The molecule has 0 radical (unpaired) electrons. The first-order chi connectivity index (χ1) is 9.37. The first kappa shape index (κ1) is 15.9. The zero-order valence-electron chi connectivity index (χ0n) is 12.1. The van der Waals surface area contributed by atoms with Crippen LogP contribution >= 0.6 is 11.3 Å². The Labute approximate surface area is 124 Å². The molecule has 1 aliphatic rings. The van der Waals surface area contributed by atoms with Gasteiger partial charge in [-0.25, -0.2) is 13.1 Å². The fourth-order valence-electron chi connectivity index (χ4n) is 2.18. The van der Waals surface area contributed by atoms with Crippen LogP contribution < -0.4 is 10.0 Å². The van der Waals surface area contributed by atoms with Gasteiger partial charge in [0, 0.05) is 23.4 Å². The maximum atomic E-state index is 12.4. The van der Waals surface area contributed by atoms with Crippen LogP contribution in [0.5, 0.6) is 0 Å². The number of rotatable bonds is 6. The summed E-state index contributed by atoms with van der Waals surface area (Å²) in [5.41, 5.74) is -0.525. The molecule has 1 aliphatic heterocycles. The Kier molecular flexibility index (Phi) is 4.86. The van der Waals surface area contributed by atoms with Crippen molar-refractivity contribution in [3.8, 4) is 0 Å². The predicted molar refractivity (Wildman–Crippen MR) is 80.5 cm³/mol. The van der Waals surface area contributed by atoms with Crippen molar-refractivity contribution in [2.24, 2.45) is 0 Å². The largest absolute Gasteiger partial charge is 0.376 e. The van der Waals surface area contributed by atoms with Crippen molar-refractivity contribution in [2.75, 3.05) is 13.2 Å². The number of hydrogen-bond donors (Lipinski definition) is 2. The second-order valence-electron chi connectivity index (χ2n) is 5.32. The molecule has 7 heteroatoms. The van der Waals surface area contributed by atoms with E-state index in [2.05, 4.69) is 10.0 Å². The average molecular weight is 318 g/mol. The van der Waals surface area contributed by atoms with E-state index in [-0.39, 0.29) is 6.10 Å². The van der Waals surface area contributed by atoms with Crippen molar-refractivity contribution < 1.29 is 13.2 Å². The summed E-state index contributed by atoms with van der Waals surface area (Å²) in [6, 6.07) is 1.74. The lowest BCUT2D eigenvalue weighted by Gasteiger charge is -2.28. The third-order valence-electron chi connectivity index (χ3n) is 3.74. The van der Waals surface area contributed by atoms with Gasteiger partial charge in [0.2, 0.25) is 10.0 Å². The van der Waals surface area contributed by atoms with Gasteiger partial charge >= 0.3 is 0 Å². The van der Waals surface area contributed by atoms with Crippen molar-refractivity contribution in [3.63, 3.8) is 0 Å². The smallest absolute Gasteiger partial charge is 0.241 e. The van der Waals surface area contributed by atoms with Crippen molar-refractivity contribution in [1.29, 1.82) is 0 Å². The van der Waals surface area contributed by atoms with E-state index in [1.54, 1.807) is 11.4 Å². The highest BCUT2D eigenvalue weighted by Crippen LogP contribution is 2.28. The van der Waals surface area contributed by atoms with E-state index < -0.39 is 15.6 Å². The molecule has 1 saturated heterocycles. The van der Waals surface area contributed by atoms with Gasteiger partial charge in [0.05, 0.1) is 16.5 Å². The van der Waals surface area contributed by atoms with E-state index in [1.807, 2.05) is 20.8 Å². The lowest BCUT2D eigenvalue weighted by Crippen LogP contribution is -2.50. The summed E-state index contributed by atoms with van der Waals surface area (Å²) < 4.78 is 33.2. The molecule has 2 heterocycles. The van der Waals surface area contributed by atoms with Crippen LogP contribution in [0.15, 0.2) is 16.3 Å². The number of thiophene rings is 1. The molecule has 0 aliphatic carbocycles. The maximum Gasteiger partial charge on any atom is 0.241 e. The van der Waals surface area contributed by atoms with E-state index in [0.29, 0.717) is 24.5 Å². The molecule has 0 aromatic carbocycles. The normalized spacial score (nSPS) is 27.1. The molecule has 2 unspecified atom stereocenters. The molecule has 2 rings (SSSR count). The van der Waals surface area contributed by atoms with Crippen molar-refractivity contribution in [3.05, 3.63) is 16.3 Å². The van der Waals surface area contributed by atoms with Crippen LogP contribution in [0.1, 0.15) is 32.1 Å². The standard InChI is InChI=1S/C13H22N2O3S2/c1-4-14-8-11-7-12(9-19-11)20(16,17)15-13(3)5-6-18-10(13)2/h7,9-10,14-15H,4-6,8H2,1-3H3. The Hall–Kier alpha value is -0.470. The third-order valence-corrected chi connectivity index (χ3v) is 6.42. The molecule has 5 nitrogen and oxygen atoms in total. The molecular weight excluding hydrogens is 296 g/mol. The Bertz CT molecular complexity index is 556. The first-order valence-corrected chi connectivity index (χ1v) is 9.17. The topological polar surface area (TPSA) is 67.4 Å². The summed E-state index contributed by atoms with van der Waals surface area (Å²) in [4.78, 5) is 1.36. The zero-order chi connectivity index (χ0) is 14.8. The molecule has 1 aromatic rings. The minimum Gasteiger partial charge on any atom is -0.376 e. The molecule has 114 valence electrons. The van der Waals surface area contributed by atoms with Crippen molar-refractivity contribution >= 4 is 21.4 Å². The molecule has 0 amide bonds. The number of nitrogens with one attached hydrogen (secondary N) is 2. The Balaban J connectivity index is 2.12. The molecule has 2 atom stereocenters. The molecular formula is C13H22N2O3S2. The Morgan fingerprint density at radius 3 is 2.90 bits per heavy atom. The van der Waals surface area contributed by atoms with Crippen LogP contribution in [0.3, 0.4) is 0 Å². The lowest BCUT2D eigenvalue weighted by molar-refractivity contribution is 0.0957. The molecule has 0 bridgehead atoms. The van der Waals surface area contributed by atoms with Gasteiger partial charge in [0.15, 0.2) is 0 Å². The summed E-state index contributed by atoms with van der Waals surface area (Å²) in [7, 11) is -3.49. The molecule has 0 saturated carbocycles. The summed E-state index contributed by atoms with van der Waals surface area (Å²) in [5, 5.41) is 4.89. The zero-order valence-corrected chi connectivity index (χ0v) is 13.7. The van der Waals surface area contributed by atoms with Crippen LogP contribution in [0.4, 0.5) is 0 Å². The number of hydrogen-bond acceptors (Lipinski definition) is 5. The van der Waals surface area contributed by atoms with E-state index in [1.165, 1.54) is 11.3 Å². The highest BCUT2D eigenvalue weighted by atomic mass is 32.2. The minimum absolute atomic E-state index is 0.114. The Morgan fingerprint density at radius 1 is 1.55 bits per heavy atom. The van der Waals surface area contributed by atoms with E-state index in [0.717, 1.165) is 11.4 Å². The van der Waals surface area contributed by atoms with Gasteiger partial charge in [-0.05, 0) is 32.9 Å². The van der Waals surface area contributed by atoms with Crippen molar-refractivity contribution in [2.45, 2.75) is 50.3 Å². The quantitative estimate of drug-likeness (QED) is 0.838. The molecule has 20 heavy (non-hydrogen) atoms. The van der Waals surface area contributed by atoms with Crippen LogP contribution in [0, 0.1) is 0 Å². The van der Waals surface area contributed by atoms with Gasteiger partial charge in [-0.15, -0.1) is 11.3 Å². The van der Waals surface area contributed by atoms with Crippen LogP contribution in [-0.4, -0.2) is 33.2 Å². The number of ether oxygens (including phenoxy) is 1. The fourth-order valence-corrected chi connectivity index (χ4v) is 4.92. The molecule has 2 N–H and O–H groups in total. The van der Waals surface area contributed by atoms with Crippen LogP contribution in [-0.2, 0) is 21.3 Å². The fraction of sp³-hybridized carbons (Fsp3) is 0.692. The van der Waals surface area contributed by atoms with Crippen molar-refractivity contribution in [1.82, 2.24) is 10.0 Å². The molecule has 1 fully saturated rings. The Morgan fingerprint density at radius 2 is 2.30 bits per heavy atom. The summed E-state index contributed by atoms with van der Waals surface area (Å²) >= 11 is 1.46. The summed E-state index contributed by atoms with van der Waals surface area (Å²) in [6.45, 7) is 7.98. The first-order valence-electron chi connectivity index (χ1n) is 6.81. The highest BCUT2D eigenvalue weighted by Gasteiger charge is 2.40.